The number of nitrogen functional groups attached to an aromatic ring is 1. The van der Waals surface area contributed by atoms with Crippen LogP contribution in [0.3, 0.4) is 0 Å². The average Bonchev–Trinajstić information content (AvgIpc) is 3.44. The topological polar surface area (TPSA) is 118 Å². The molecule has 0 bridgehead atoms. The van der Waals surface area contributed by atoms with Gasteiger partial charge >= 0.3 is 0 Å². The van der Waals surface area contributed by atoms with Gasteiger partial charge in [-0.25, -0.2) is 19.3 Å². The molecule has 1 fully saturated rings. The lowest BCUT2D eigenvalue weighted by Gasteiger charge is -2.31. The predicted octanol–water partition coefficient (Wildman–Crippen LogP) is 2.81. The van der Waals surface area contributed by atoms with Crippen LogP contribution in [0.5, 0.6) is 0 Å². The van der Waals surface area contributed by atoms with E-state index < -0.39 is 30.7 Å². The van der Waals surface area contributed by atoms with Crippen LogP contribution in [0.1, 0.15) is 17.4 Å². The fraction of sp³-hybridized carbons (Fsp3) is 0.320. The first kappa shape index (κ1) is 23.3. The quantitative estimate of drug-likeness (QED) is 0.376. The van der Waals surface area contributed by atoms with Crippen LogP contribution in [-0.2, 0) is 27.4 Å². The van der Waals surface area contributed by atoms with Gasteiger partial charge in [0.1, 0.15) is 30.7 Å². The van der Waals surface area contributed by atoms with E-state index in [1.165, 1.54) is 17.2 Å². The summed E-state index contributed by atoms with van der Waals surface area (Å²) in [6, 6.07) is 19.1. The predicted molar refractivity (Wildman–Crippen MR) is 126 cm³/mol. The number of nitrogens with two attached hydrogens (primary N) is 1. The molecule has 10 heteroatoms. The van der Waals surface area contributed by atoms with Gasteiger partial charge in [0.15, 0.2) is 23.3 Å². The number of rotatable bonds is 9. The van der Waals surface area contributed by atoms with Crippen LogP contribution >= 0.6 is 0 Å². The monoisotopic (exact) mass is 479 g/mol. The van der Waals surface area contributed by atoms with Crippen molar-refractivity contribution in [3.8, 4) is 0 Å². The first-order valence-corrected chi connectivity index (χ1v) is 11.2. The van der Waals surface area contributed by atoms with E-state index in [1.54, 1.807) is 0 Å². The van der Waals surface area contributed by atoms with E-state index >= 15 is 0 Å². The van der Waals surface area contributed by atoms with Crippen LogP contribution in [0.25, 0.3) is 11.2 Å². The molecule has 0 aliphatic carbocycles. The standard InChI is InChI=1S/C25H26FN5O4/c26-14-25(32)21(34-12-18-9-5-2-6-10-18)19(13-33-11-17-7-3-1-4-8-17)35-24(25)31-16-30-20-22(27)28-15-29-23(20)31/h1-10,15-16,19,21,24,32H,11-14H2,(H2,27,28,29)/t19-,21-,24-,25-/m1/s1. The molecule has 1 saturated heterocycles. The van der Waals surface area contributed by atoms with Crippen molar-refractivity contribution in [1.29, 1.82) is 0 Å². The molecule has 2 aromatic carbocycles. The van der Waals surface area contributed by atoms with Crippen molar-refractivity contribution < 1.29 is 23.7 Å². The van der Waals surface area contributed by atoms with E-state index in [0.29, 0.717) is 17.8 Å². The summed E-state index contributed by atoms with van der Waals surface area (Å²) in [7, 11) is 0. The van der Waals surface area contributed by atoms with Crippen LogP contribution in [0.4, 0.5) is 10.2 Å². The number of aromatic nitrogens is 4. The molecule has 182 valence electrons. The lowest BCUT2D eigenvalue weighted by atomic mass is 9.95. The zero-order valence-electron chi connectivity index (χ0n) is 18.9. The Balaban J connectivity index is 1.42. The minimum absolute atomic E-state index is 0.0803. The second-order valence-corrected chi connectivity index (χ2v) is 8.45. The normalized spacial score (nSPS) is 24.2. The Morgan fingerprint density at radius 2 is 1.69 bits per heavy atom. The number of ether oxygens (including phenoxy) is 3. The maximum atomic E-state index is 14.6. The highest BCUT2D eigenvalue weighted by Crippen LogP contribution is 2.42. The Hall–Kier alpha value is -3.44. The second-order valence-electron chi connectivity index (χ2n) is 8.45. The van der Waals surface area contributed by atoms with E-state index in [1.807, 2.05) is 60.7 Å². The van der Waals surface area contributed by atoms with E-state index in [9.17, 15) is 9.50 Å². The summed E-state index contributed by atoms with van der Waals surface area (Å²) < 4.78 is 34.2. The minimum Gasteiger partial charge on any atom is -0.382 e. The van der Waals surface area contributed by atoms with Crippen LogP contribution in [0.15, 0.2) is 73.3 Å². The van der Waals surface area contributed by atoms with E-state index in [-0.39, 0.29) is 19.0 Å². The SMILES string of the molecule is Nc1ncnc2c1ncn2[C@@H]1O[C@H](COCc2ccccc2)[C@@H](OCc2ccccc2)[C@]1(O)CF. The van der Waals surface area contributed by atoms with Crippen molar-refractivity contribution in [2.75, 3.05) is 19.0 Å². The molecular weight excluding hydrogens is 453 g/mol. The smallest absolute Gasteiger partial charge is 0.171 e. The Morgan fingerprint density at radius 1 is 1.00 bits per heavy atom. The first-order valence-electron chi connectivity index (χ1n) is 11.2. The van der Waals surface area contributed by atoms with Gasteiger partial charge in [0.05, 0.1) is 26.1 Å². The summed E-state index contributed by atoms with van der Waals surface area (Å²) in [4.78, 5) is 12.4. The summed E-state index contributed by atoms with van der Waals surface area (Å²) in [5.41, 5.74) is 6.41. The summed E-state index contributed by atoms with van der Waals surface area (Å²) in [5, 5.41) is 11.6. The number of fused-ring (bicyclic) bond motifs is 1. The molecule has 0 saturated carbocycles. The van der Waals surface area contributed by atoms with Gasteiger partial charge in [-0.3, -0.25) is 4.57 Å². The van der Waals surface area contributed by atoms with Gasteiger partial charge < -0.3 is 25.1 Å². The van der Waals surface area contributed by atoms with Crippen molar-refractivity contribution in [2.45, 2.75) is 37.3 Å². The molecule has 1 aliphatic heterocycles. The Kier molecular flexibility index (Phi) is 6.69. The van der Waals surface area contributed by atoms with E-state index in [0.717, 1.165) is 11.1 Å². The number of alkyl halides is 1. The maximum absolute atomic E-state index is 14.6. The van der Waals surface area contributed by atoms with Gasteiger partial charge in [0.2, 0.25) is 0 Å². The van der Waals surface area contributed by atoms with Crippen molar-refractivity contribution in [3.05, 3.63) is 84.4 Å². The molecule has 1 aliphatic rings. The Labute approximate surface area is 201 Å². The number of anilines is 1. The maximum Gasteiger partial charge on any atom is 0.171 e. The number of imidazole rings is 1. The average molecular weight is 480 g/mol. The second kappa shape index (κ2) is 10.0. The zero-order chi connectivity index (χ0) is 24.3. The van der Waals surface area contributed by atoms with Gasteiger partial charge in [0, 0.05) is 0 Å². The van der Waals surface area contributed by atoms with Crippen LogP contribution in [0, 0.1) is 0 Å². The fourth-order valence-electron chi connectivity index (χ4n) is 4.31. The summed E-state index contributed by atoms with van der Waals surface area (Å²) in [6.07, 6.45) is -0.265. The molecule has 0 radical (unpaired) electrons. The number of nitrogens with zero attached hydrogens (tertiary/aromatic N) is 4. The number of aliphatic hydroxyl groups is 1. The highest BCUT2D eigenvalue weighted by atomic mass is 19.1. The Morgan fingerprint density at radius 3 is 2.37 bits per heavy atom. The number of hydrogen-bond donors (Lipinski definition) is 2. The van der Waals surface area contributed by atoms with Crippen molar-refractivity contribution in [3.63, 3.8) is 0 Å². The van der Waals surface area contributed by atoms with Crippen molar-refractivity contribution in [2.24, 2.45) is 0 Å². The highest BCUT2D eigenvalue weighted by molar-refractivity contribution is 5.81. The largest absolute Gasteiger partial charge is 0.382 e. The molecule has 0 amide bonds. The molecule has 4 atom stereocenters. The van der Waals surface area contributed by atoms with Gasteiger partial charge in [-0.1, -0.05) is 60.7 Å². The molecule has 9 nitrogen and oxygen atoms in total. The van der Waals surface area contributed by atoms with Gasteiger partial charge in [-0.2, -0.15) is 0 Å². The lowest BCUT2D eigenvalue weighted by Crippen LogP contribution is -2.50. The van der Waals surface area contributed by atoms with Crippen molar-refractivity contribution in [1.82, 2.24) is 19.5 Å². The lowest BCUT2D eigenvalue weighted by molar-refractivity contribution is -0.136. The summed E-state index contributed by atoms with van der Waals surface area (Å²) >= 11 is 0. The minimum atomic E-state index is -2.02. The molecule has 4 aromatic rings. The Bertz CT molecular complexity index is 1260. The van der Waals surface area contributed by atoms with Gasteiger partial charge in [-0.15, -0.1) is 0 Å². The molecule has 2 aromatic heterocycles. The molecule has 3 heterocycles. The van der Waals surface area contributed by atoms with Crippen molar-refractivity contribution >= 4 is 17.0 Å². The molecular formula is C25H26FN5O4. The van der Waals surface area contributed by atoms with Gasteiger partial charge in [-0.05, 0) is 11.1 Å². The molecule has 0 spiro atoms. The highest BCUT2D eigenvalue weighted by Gasteiger charge is 2.58. The third kappa shape index (κ3) is 4.61. The third-order valence-electron chi connectivity index (χ3n) is 6.08. The molecule has 3 N–H and O–H groups in total. The summed E-state index contributed by atoms with van der Waals surface area (Å²) in [5.74, 6) is 0.176. The molecule has 35 heavy (non-hydrogen) atoms. The summed E-state index contributed by atoms with van der Waals surface area (Å²) in [6.45, 7) is -0.537. The van der Waals surface area contributed by atoms with Crippen LogP contribution < -0.4 is 5.73 Å². The zero-order valence-corrected chi connectivity index (χ0v) is 18.9. The number of hydrogen-bond acceptors (Lipinski definition) is 8. The number of benzene rings is 2. The number of halogens is 1. The fourth-order valence-corrected chi connectivity index (χ4v) is 4.31. The third-order valence-corrected chi connectivity index (χ3v) is 6.08. The molecule has 5 rings (SSSR count). The van der Waals surface area contributed by atoms with E-state index in [4.69, 9.17) is 19.9 Å². The molecule has 0 unspecified atom stereocenters. The first-order chi connectivity index (χ1) is 17.1. The van der Waals surface area contributed by atoms with Crippen LogP contribution in [-0.4, -0.2) is 55.7 Å². The van der Waals surface area contributed by atoms with Crippen LogP contribution in [0.2, 0.25) is 0 Å². The van der Waals surface area contributed by atoms with E-state index in [2.05, 4.69) is 15.0 Å². The van der Waals surface area contributed by atoms with Gasteiger partial charge in [0.25, 0.3) is 0 Å².